The molecule has 0 spiro atoms. The molecular formula is C23H21ClO4S. The zero-order chi connectivity index (χ0) is 20.6. The molecule has 0 amide bonds. The molecule has 0 aliphatic rings. The molecule has 6 heteroatoms. The highest BCUT2D eigenvalue weighted by atomic mass is 35.5. The third kappa shape index (κ3) is 6.73. The topological polar surface area (TPSA) is 55.8 Å². The van der Waals surface area contributed by atoms with E-state index in [4.69, 9.17) is 26.2 Å². The molecule has 0 bridgehead atoms. The molecule has 3 aromatic carbocycles. The highest BCUT2D eigenvalue weighted by Crippen LogP contribution is 2.28. The van der Waals surface area contributed by atoms with Crippen LogP contribution in [-0.4, -0.2) is 17.7 Å². The Morgan fingerprint density at radius 3 is 2.31 bits per heavy atom. The van der Waals surface area contributed by atoms with Gasteiger partial charge >= 0.3 is 5.97 Å². The van der Waals surface area contributed by atoms with Crippen molar-refractivity contribution in [3.8, 4) is 11.5 Å². The lowest BCUT2D eigenvalue weighted by Crippen LogP contribution is -2.09. The van der Waals surface area contributed by atoms with Crippen molar-refractivity contribution in [2.24, 2.45) is 0 Å². The lowest BCUT2D eigenvalue weighted by Gasteiger charge is -2.10. The quantitative estimate of drug-likeness (QED) is 0.424. The Balaban J connectivity index is 1.50. The number of carboxylic acids is 1. The van der Waals surface area contributed by atoms with E-state index in [1.165, 1.54) is 5.56 Å². The van der Waals surface area contributed by atoms with Crippen molar-refractivity contribution in [2.45, 2.75) is 24.2 Å². The number of rotatable bonds is 9. The van der Waals surface area contributed by atoms with Crippen LogP contribution in [0.2, 0.25) is 5.02 Å². The summed E-state index contributed by atoms with van der Waals surface area (Å²) >= 11 is 7.60. The molecule has 0 aliphatic carbocycles. The molecule has 0 fully saturated rings. The van der Waals surface area contributed by atoms with Crippen LogP contribution in [-0.2, 0) is 17.2 Å². The molecule has 0 heterocycles. The Kier molecular flexibility index (Phi) is 7.44. The van der Waals surface area contributed by atoms with Gasteiger partial charge in [-0.25, -0.2) is 4.79 Å². The van der Waals surface area contributed by atoms with Gasteiger partial charge in [-0.3, -0.25) is 0 Å². The minimum absolute atomic E-state index is 0.334. The summed E-state index contributed by atoms with van der Waals surface area (Å²) in [5, 5.41) is 9.42. The average molecular weight is 429 g/mol. The van der Waals surface area contributed by atoms with Crippen molar-refractivity contribution >= 4 is 29.3 Å². The molecule has 3 rings (SSSR count). The number of thioether (sulfide) groups is 1. The van der Waals surface area contributed by atoms with Crippen molar-refractivity contribution in [2.75, 3.05) is 6.61 Å². The van der Waals surface area contributed by atoms with E-state index >= 15 is 0 Å². The molecule has 0 aromatic heterocycles. The summed E-state index contributed by atoms with van der Waals surface area (Å²) in [6, 6.07) is 21.4. The van der Waals surface area contributed by atoms with Crippen LogP contribution in [0.1, 0.15) is 16.7 Å². The molecule has 0 saturated carbocycles. The fraction of sp³-hybridized carbons (Fsp3) is 0.174. The van der Waals surface area contributed by atoms with Crippen LogP contribution in [0, 0.1) is 6.92 Å². The number of aryl methyl sites for hydroxylation is 1. The van der Waals surface area contributed by atoms with Crippen molar-refractivity contribution in [3.63, 3.8) is 0 Å². The SMILES string of the molecule is Cc1cc(SCc2ccc(OCc3ccc(Cl)cc3)cc2)ccc1OCC(=O)O. The third-order valence-corrected chi connectivity index (χ3v) is 5.46. The van der Waals surface area contributed by atoms with Crippen molar-refractivity contribution in [1.29, 1.82) is 0 Å². The summed E-state index contributed by atoms with van der Waals surface area (Å²) in [6.45, 7) is 2.08. The first-order valence-electron chi connectivity index (χ1n) is 9.04. The fourth-order valence-electron chi connectivity index (χ4n) is 2.61. The van der Waals surface area contributed by atoms with Crippen LogP contribution in [0.4, 0.5) is 0 Å². The third-order valence-electron chi connectivity index (χ3n) is 4.15. The highest BCUT2D eigenvalue weighted by molar-refractivity contribution is 7.98. The molecule has 0 radical (unpaired) electrons. The first-order chi connectivity index (χ1) is 14.0. The fourth-order valence-corrected chi connectivity index (χ4v) is 3.69. The van der Waals surface area contributed by atoms with Crippen molar-refractivity contribution in [1.82, 2.24) is 0 Å². The van der Waals surface area contributed by atoms with Gasteiger partial charge in [0.05, 0.1) is 0 Å². The van der Waals surface area contributed by atoms with Crippen molar-refractivity contribution < 1.29 is 19.4 Å². The zero-order valence-corrected chi connectivity index (χ0v) is 17.5. The summed E-state index contributed by atoms with van der Waals surface area (Å²) in [4.78, 5) is 11.7. The van der Waals surface area contributed by atoms with E-state index in [0.29, 0.717) is 17.4 Å². The van der Waals surface area contributed by atoms with Gasteiger partial charge in [-0.15, -0.1) is 11.8 Å². The summed E-state index contributed by atoms with van der Waals surface area (Å²) in [6.07, 6.45) is 0. The summed E-state index contributed by atoms with van der Waals surface area (Å²) in [7, 11) is 0. The number of ether oxygens (including phenoxy) is 2. The Labute approximate surface area is 179 Å². The first-order valence-corrected chi connectivity index (χ1v) is 10.4. The number of hydrogen-bond acceptors (Lipinski definition) is 4. The van der Waals surface area contributed by atoms with Crippen LogP contribution in [0.15, 0.2) is 71.6 Å². The highest BCUT2D eigenvalue weighted by Gasteiger charge is 2.05. The van der Waals surface area contributed by atoms with E-state index in [-0.39, 0.29) is 6.61 Å². The molecule has 0 saturated heterocycles. The number of benzene rings is 3. The van der Waals surface area contributed by atoms with Gasteiger partial charge in [0, 0.05) is 15.7 Å². The Bertz CT molecular complexity index is 956. The van der Waals surface area contributed by atoms with Gasteiger partial charge in [0.15, 0.2) is 6.61 Å². The Morgan fingerprint density at radius 1 is 0.966 bits per heavy atom. The van der Waals surface area contributed by atoms with Gasteiger partial charge in [-0.2, -0.15) is 0 Å². The van der Waals surface area contributed by atoms with E-state index < -0.39 is 5.97 Å². The molecule has 0 atom stereocenters. The van der Waals surface area contributed by atoms with Crippen LogP contribution in [0.25, 0.3) is 0 Å². The number of carboxylic acid groups (broad SMARTS) is 1. The number of aliphatic carboxylic acids is 1. The van der Waals surface area contributed by atoms with Gasteiger partial charge in [-0.05, 0) is 66.1 Å². The second kappa shape index (κ2) is 10.2. The lowest BCUT2D eigenvalue weighted by atomic mass is 10.2. The van der Waals surface area contributed by atoms with Crippen LogP contribution in [0.5, 0.6) is 11.5 Å². The summed E-state index contributed by atoms with van der Waals surface area (Å²) in [5.74, 6) is 1.26. The maximum Gasteiger partial charge on any atom is 0.341 e. The summed E-state index contributed by atoms with van der Waals surface area (Å²) < 4.78 is 11.1. The largest absolute Gasteiger partial charge is 0.489 e. The number of carbonyl (C=O) groups is 1. The van der Waals surface area contributed by atoms with Gasteiger partial charge < -0.3 is 14.6 Å². The van der Waals surface area contributed by atoms with Gasteiger partial charge in [0.25, 0.3) is 0 Å². The second-order valence-corrected chi connectivity index (χ2v) is 7.94. The Morgan fingerprint density at radius 2 is 1.66 bits per heavy atom. The minimum Gasteiger partial charge on any atom is -0.489 e. The smallest absolute Gasteiger partial charge is 0.341 e. The van der Waals surface area contributed by atoms with Crippen molar-refractivity contribution in [3.05, 3.63) is 88.4 Å². The zero-order valence-electron chi connectivity index (χ0n) is 15.9. The summed E-state index contributed by atoms with van der Waals surface area (Å²) in [5.41, 5.74) is 3.18. The van der Waals surface area contributed by atoms with E-state index in [0.717, 1.165) is 27.5 Å². The standard InChI is InChI=1S/C23H21ClO4S/c1-16-12-21(10-11-22(16)28-14-23(25)26)29-15-18-4-8-20(9-5-18)27-13-17-2-6-19(24)7-3-17/h2-12H,13-15H2,1H3,(H,25,26). The predicted octanol–water partition coefficient (Wildman–Crippen LogP) is 5.98. The minimum atomic E-state index is -0.983. The molecule has 3 aromatic rings. The average Bonchev–Trinajstić information content (AvgIpc) is 2.72. The van der Waals surface area contributed by atoms with Crippen LogP contribution >= 0.6 is 23.4 Å². The monoisotopic (exact) mass is 428 g/mol. The first kappa shape index (κ1) is 21.1. The molecule has 29 heavy (non-hydrogen) atoms. The molecule has 150 valence electrons. The predicted molar refractivity (Wildman–Crippen MR) is 116 cm³/mol. The second-order valence-electron chi connectivity index (χ2n) is 6.46. The van der Waals surface area contributed by atoms with Gasteiger partial charge in [0.1, 0.15) is 18.1 Å². The number of halogens is 1. The molecule has 0 unspecified atom stereocenters. The van der Waals surface area contributed by atoms with Crippen LogP contribution < -0.4 is 9.47 Å². The normalized spacial score (nSPS) is 10.6. The lowest BCUT2D eigenvalue weighted by molar-refractivity contribution is -0.139. The molecular weight excluding hydrogens is 408 g/mol. The van der Waals surface area contributed by atoms with Gasteiger partial charge in [0.2, 0.25) is 0 Å². The van der Waals surface area contributed by atoms with E-state index in [2.05, 4.69) is 12.1 Å². The molecule has 1 N–H and O–H groups in total. The van der Waals surface area contributed by atoms with E-state index in [1.807, 2.05) is 61.5 Å². The molecule has 4 nitrogen and oxygen atoms in total. The van der Waals surface area contributed by atoms with Crippen LogP contribution in [0.3, 0.4) is 0 Å². The maximum atomic E-state index is 10.6. The number of hydrogen-bond donors (Lipinski definition) is 1. The molecule has 0 aliphatic heterocycles. The Hall–Kier alpha value is -2.63. The van der Waals surface area contributed by atoms with E-state index in [9.17, 15) is 4.79 Å². The van der Waals surface area contributed by atoms with E-state index in [1.54, 1.807) is 11.8 Å². The van der Waals surface area contributed by atoms with Gasteiger partial charge in [-0.1, -0.05) is 35.9 Å². The maximum absolute atomic E-state index is 10.6.